The first-order valence-corrected chi connectivity index (χ1v) is 5.98. The van der Waals surface area contributed by atoms with Crippen molar-refractivity contribution in [2.24, 2.45) is 5.73 Å². The lowest BCUT2D eigenvalue weighted by atomic mass is 10.1. The molecular weight excluding hydrogens is 257 g/mol. The molecule has 0 amide bonds. The van der Waals surface area contributed by atoms with E-state index in [0.29, 0.717) is 30.9 Å². The van der Waals surface area contributed by atoms with Crippen molar-refractivity contribution >= 4 is 11.6 Å². The van der Waals surface area contributed by atoms with E-state index in [0.717, 1.165) is 6.42 Å². The van der Waals surface area contributed by atoms with Crippen molar-refractivity contribution in [3.63, 3.8) is 0 Å². The number of nitrogens with two attached hydrogens (primary N) is 1. The van der Waals surface area contributed by atoms with Crippen LogP contribution in [0.3, 0.4) is 0 Å². The summed E-state index contributed by atoms with van der Waals surface area (Å²) in [6.07, 6.45) is 1.08. The van der Waals surface area contributed by atoms with E-state index >= 15 is 0 Å². The molecule has 96 valence electrons. The number of benzene rings is 1. The summed E-state index contributed by atoms with van der Waals surface area (Å²) in [7, 11) is 0. The summed E-state index contributed by atoms with van der Waals surface area (Å²) in [4.78, 5) is 0. The second-order valence-corrected chi connectivity index (χ2v) is 4.26. The predicted octanol–water partition coefficient (Wildman–Crippen LogP) is 1.41. The van der Waals surface area contributed by atoms with Crippen molar-refractivity contribution in [2.75, 3.05) is 6.54 Å². The van der Waals surface area contributed by atoms with E-state index in [1.54, 1.807) is 16.8 Å². The molecule has 0 unspecified atom stereocenters. The van der Waals surface area contributed by atoms with Crippen LogP contribution in [0.15, 0.2) is 18.2 Å². The zero-order valence-corrected chi connectivity index (χ0v) is 10.4. The van der Waals surface area contributed by atoms with Gasteiger partial charge in [0.05, 0.1) is 5.02 Å². The smallest absolute Gasteiger partial charge is 0.155 e. The molecule has 1 aromatic carbocycles. The Balaban J connectivity index is 2.18. The van der Waals surface area contributed by atoms with Crippen LogP contribution in [0.25, 0.3) is 0 Å². The monoisotopic (exact) mass is 269 g/mol. The molecule has 2 N–H and O–H groups in total. The molecule has 0 saturated carbocycles. The van der Waals surface area contributed by atoms with E-state index < -0.39 is 5.82 Å². The Labute approximate surface area is 109 Å². The summed E-state index contributed by atoms with van der Waals surface area (Å²) in [6.45, 7) is 1.19. The van der Waals surface area contributed by atoms with Crippen LogP contribution in [0.4, 0.5) is 4.39 Å². The first-order chi connectivity index (χ1) is 8.72. The molecule has 0 radical (unpaired) electrons. The quantitative estimate of drug-likeness (QED) is 0.891. The highest BCUT2D eigenvalue weighted by Crippen LogP contribution is 2.19. The summed E-state index contributed by atoms with van der Waals surface area (Å²) >= 11 is 5.73. The lowest BCUT2D eigenvalue weighted by Gasteiger charge is -2.05. The Morgan fingerprint density at radius 1 is 1.39 bits per heavy atom. The molecule has 0 saturated heterocycles. The third-order valence-electron chi connectivity index (χ3n) is 2.56. The summed E-state index contributed by atoms with van der Waals surface area (Å²) in [5.41, 5.74) is 5.91. The van der Waals surface area contributed by atoms with Crippen LogP contribution in [0.1, 0.15) is 17.8 Å². The number of hydrogen-bond donors (Lipinski definition) is 1. The van der Waals surface area contributed by atoms with E-state index in [1.807, 2.05) is 0 Å². The summed E-state index contributed by atoms with van der Waals surface area (Å²) < 4.78 is 15.4. The Kier molecular flexibility index (Phi) is 4.22. The van der Waals surface area contributed by atoms with Gasteiger partial charge in [-0.3, -0.25) is 0 Å². The van der Waals surface area contributed by atoms with Crippen LogP contribution in [0.5, 0.6) is 0 Å². The van der Waals surface area contributed by atoms with Crippen LogP contribution in [-0.2, 0) is 13.0 Å². The maximum absolute atomic E-state index is 13.7. The van der Waals surface area contributed by atoms with Crippen molar-refractivity contribution in [2.45, 2.75) is 19.4 Å². The number of aromatic nitrogens is 4. The van der Waals surface area contributed by atoms with E-state index in [2.05, 4.69) is 15.5 Å². The predicted molar refractivity (Wildman–Crippen MR) is 65.7 cm³/mol. The Morgan fingerprint density at radius 3 is 3.00 bits per heavy atom. The highest BCUT2D eigenvalue weighted by molar-refractivity contribution is 6.30. The fraction of sp³-hybridized carbons (Fsp3) is 0.364. The number of rotatable bonds is 5. The second kappa shape index (κ2) is 5.88. The van der Waals surface area contributed by atoms with Gasteiger partial charge < -0.3 is 5.73 Å². The van der Waals surface area contributed by atoms with Crippen LogP contribution >= 0.6 is 11.6 Å². The maximum Gasteiger partial charge on any atom is 0.155 e. The number of nitrogens with zero attached hydrogens (tertiary/aromatic N) is 4. The third kappa shape index (κ3) is 2.83. The Hall–Kier alpha value is -1.53. The zero-order valence-electron chi connectivity index (χ0n) is 9.68. The SMILES string of the molecule is NCCCn1nnnc1Cc1cccc(Cl)c1F. The van der Waals surface area contributed by atoms with Crippen LogP contribution < -0.4 is 5.73 Å². The number of tetrazole rings is 1. The molecule has 0 fully saturated rings. The van der Waals surface area contributed by atoms with Gasteiger partial charge in [0.1, 0.15) is 5.82 Å². The maximum atomic E-state index is 13.7. The second-order valence-electron chi connectivity index (χ2n) is 3.85. The molecule has 0 spiro atoms. The largest absolute Gasteiger partial charge is 0.330 e. The van der Waals surface area contributed by atoms with Crippen LogP contribution in [0.2, 0.25) is 5.02 Å². The normalized spacial score (nSPS) is 10.8. The standard InChI is InChI=1S/C11H13ClFN5/c12-9-4-1-3-8(11(9)13)7-10-15-16-17-18(10)6-2-5-14/h1,3-4H,2,5-7,14H2. The molecule has 0 bridgehead atoms. The van der Waals surface area contributed by atoms with Crippen molar-refractivity contribution in [1.29, 1.82) is 0 Å². The third-order valence-corrected chi connectivity index (χ3v) is 2.85. The van der Waals surface area contributed by atoms with Gasteiger partial charge in [-0.15, -0.1) is 5.10 Å². The van der Waals surface area contributed by atoms with Gasteiger partial charge in [0.25, 0.3) is 0 Å². The number of hydrogen-bond acceptors (Lipinski definition) is 4. The Bertz CT molecular complexity index is 528. The highest BCUT2D eigenvalue weighted by atomic mass is 35.5. The van der Waals surface area contributed by atoms with Gasteiger partial charge in [0.15, 0.2) is 5.82 Å². The van der Waals surface area contributed by atoms with Gasteiger partial charge in [-0.25, -0.2) is 9.07 Å². The first-order valence-electron chi connectivity index (χ1n) is 5.60. The van der Waals surface area contributed by atoms with Crippen molar-refractivity contribution in [3.8, 4) is 0 Å². The summed E-state index contributed by atoms with van der Waals surface area (Å²) in [6, 6.07) is 4.88. The fourth-order valence-corrected chi connectivity index (χ4v) is 1.81. The highest BCUT2D eigenvalue weighted by Gasteiger charge is 2.11. The molecule has 0 atom stereocenters. The summed E-state index contributed by atoms with van der Waals surface area (Å²) in [5.74, 6) is 0.178. The molecule has 0 aliphatic rings. The zero-order chi connectivity index (χ0) is 13.0. The molecule has 1 aromatic heterocycles. The molecular formula is C11H13ClFN5. The fourth-order valence-electron chi connectivity index (χ4n) is 1.62. The van der Waals surface area contributed by atoms with Gasteiger partial charge in [0, 0.05) is 13.0 Å². The van der Waals surface area contributed by atoms with E-state index in [-0.39, 0.29) is 5.02 Å². The van der Waals surface area contributed by atoms with E-state index in [1.165, 1.54) is 6.07 Å². The van der Waals surface area contributed by atoms with Gasteiger partial charge in [-0.1, -0.05) is 23.7 Å². The van der Waals surface area contributed by atoms with Crippen molar-refractivity contribution in [3.05, 3.63) is 40.4 Å². The lowest BCUT2D eigenvalue weighted by molar-refractivity contribution is 0.543. The molecule has 1 heterocycles. The molecule has 0 aliphatic heterocycles. The van der Waals surface area contributed by atoms with Gasteiger partial charge in [0.2, 0.25) is 0 Å². The van der Waals surface area contributed by atoms with Crippen molar-refractivity contribution < 1.29 is 4.39 Å². The topological polar surface area (TPSA) is 69.6 Å². The molecule has 2 rings (SSSR count). The minimum Gasteiger partial charge on any atom is -0.330 e. The number of aryl methyl sites for hydroxylation is 1. The van der Waals surface area contributed by atoms with Crippen LogP contribution in [-0.4, -0.2) is 26.8 Å². The van der Waals surface area contributed by atoms with Gasteiger partial charge in [-0.2, -0.15) is 0 Å². The van der Waals surface area contributed by atoms with Gasteiger partial charge >= 0.3 is 0 Å². The average molecular weight is 270 g/mol. The molecule has 18 heavy (non-hydrogen) atoms. The molecule has 5 nitrogen and oxygen atoms in total. The molecule has 2 aromatic rings. The molecule has 7 heteroatoms. The van der Waals surface area contributed by atoms with Crippen LogP contribution in [0, 0.1) is 5.82 Å². The van der Waals surface area contributed by atoms with Crippen molar-refractivity contribution in [1.82, 2.24) is 20.2 Å². The van der Waals surface area contributed by atoms with E-state index in [9.17, 15) is 4.39 Å². The number of halogens is 2. The molecule has 0 aliphatic carbocycles. The van der Waals surface area contributed by atoms with E-state index in [4.69, 9.17) is 17.3 Å². The summed E-state index contributed by atoms with van der Waals surface area (Å²) in [5, 5.41) is 11.4. The lowest BCUT2D eigenvalue weighted by Crippen LogP contribution is -2.11. The first kappa shape index (κ1) is 12.9. The average Bonchev–Trinajstić information content (AvgIpc) is 2.80. The minimum absolute atomic E-state index is 0.105. The van der Waals surface area contributed by atoms with Gasteiger partial charge in [-0.05, 0) is 35.0 Å². The minimum atomic E-state index is -0.424. The Morgan fingerprint density at radius 2 is 2.22 bits per heavy atom.